The van der Waals surface area contributed by atoms with E-state index in [-0.39, 0.29) is 0 Å². The molecule has 12 heavy (non-hydrogen) atoms. The van der Waals surface area contributed by atoms with E-state index in [0.29, 0.717) is 0 Å². The molecule has 66 valence electrons. The van der Waals surface area contributed by atoms with Crippen molar-refractivity contribution in [2.45, 2.75) is 20.8 Å². The molecule has 1 aromatic heterocycles. The Bertz CT molecular complexity index is 217. The molecule has 0 atom stereocenters. The van der Waals surface area contributed by atoms with Crippen molar-refractivity contribution >= 4 is 0 Å². The van der Waals surface area contributed by atoms with Gasteiger partial charge in [0.1, 0.15) is 6.33 Å². The molecule has 1 heterocycles. The van der Waals surface area contributed by atoms with E-state index in [2.05, 4.69) is 15.0 Å². The molecular formula is C9H15N3. The Morgan fingerprint density at radius 2 is 2.00 bits per heavy atom. The number of aromatic nitrogens is 3. The Labute approximate surface area is 73.2 Å². The first-order chi connectivity index (χ1) is 5.89. The van der Waals surface area contributed by atoms with Crippen LogP contribution in [-0.2, 0) is 0 Å². The highest BCUT2D eigenvalue weighted by Gasteiger charge is 1.71. The lowest BCUT2D eigenvalue weighted by Gasteiger charge is -1.77. The van der Waals surface area contributed by atoms with E-state index in [1.54, 1.807) is 18.6 Å². The predicted molar refractivity (Wildman–Crippen MR) is 50.1 cm³/mol. The van der Waals surface area contributed by atoms with E-state index in [1.807, 2.05) is 27.0 Å². The Morgan fingerprint density at radius 1 is 1.25 bits per heavy atom. The van der Waals surface area contributed by atoms with Gasteiger partial charge < -0.3 is 4.98 Å². The van der Waals surface area contributed by atoms with Gasteiger partial charge in [0, 0.05) is 24.8 Å². The summed E-state index contributed by atoms with van der Waals surface area (Å²) in [6, 6.07) is 0. The highest BCUT2D eigenvalue weighted by molar-refractivity contribution is 4.95. The van der Waals surface area contributed by atoms with Crippen molar-refractivity contribution in [1.29, 1.82) is 0 Å². The largest absolute Gasteiger partial charge is 0.366 e. The summed E-state index contributed by atoms with van der Waals surface area (Å²) in [5, 5.41) is 0. The zero-order valence-electron chi connectivity index (χ0n) is 7.78. The second kappa shape index (κ2) is 7.72. The smallest absolute Gasteiger partial charge is 0.115 e. The average Bonchev–Trinajstić information content (AvgIpc) is 2.22. The lowest BCUT2D eigenvalue weighted by atomic mass is 10.4. The molecule has 0 fully saturated rings. The van der Waals surface area contributed by atoms with Crippen molar-refractivity contribution < 1.29 is 0 Å². The summed E-state index contributed by atoms with van der Waals surface area (Å²) >= 11 is 0. The van der Waals surface area contributed by atoms with Crippen molar-refractivity contribution in [1.82, 2.24) is 15.0 Å². The molecule has 0 bridgehead atoms. The minimum atomic E-state index is 1.07. The third kappa shape index (κ3) is 5.41. The van der Waals surface area contributed by atoms with Gasteiger partial charge in [-0.25, -0.2) is 9.97 Å². The van der Waals surface area contributed by atoms with Gasteiger partial charge in [0.15, 0.2) is 0 Å². The monoisotopic (exact) mass is 165 g/mol. The van der Waals surface area contributed by atoms with E-state index >= 15 is 0 Å². The first-order valence-electron chi connectivity index (χ1n) is 4.02. The molecule has 0 aliphatic carbocycles. The zero-order chi connectivity index (χ0) is 9.23. The van der Waals surface area contributed by atoms with E-state index < -0.39 is 0 Å². The Morgan fingerprint density at radius 3 is 2.75 bits per heavy atom. The molecule has 1 rings (SSSR count). The number of aryl methyl sites for hydroxylation is 1. The van der Waals surface area contributed by atoms with Crippen LogP contribution in [0.1, 0.15) is 19.4 Å². The van der Waals surface area contributed by atoms with E-state index in [9.17, 15) is 0 Å². The number of nitrogens with zero attached hydrogens (tertiary/aromatic N) is 2. The van der Waals surface area contributed by atoms with Gasteiger partial charge in [-0.2, -0.15) is 0 Å². The van der Waals surface area contributed by atoms with Crippen LogP contribution in [0.25, 0.3) is 0 Å². The van der Waals surface area contributed by atoms with Gasteiger partial charge >= 0.3 is 0 Å². The van der Waals surface area contributed by atoms with E-state index in [4.69, 9.17) is 0 Å². The van der Waals surface area contributed by atoms with Crippen LogP contribution in [0.15, 0.2) is 31.1 Å². The first kappa shape index (κ1) is 10.6. The molecule has 0 aliphatic heterocycles. The summed E-state index contributed by atoms with van der Waals surface area (Å²) in [6.45, 7) is 5.96. The molecule has 0 saturated carbocycles. The molecule has 0 aliphatic rings. The van der Waals surface area contributed by atoms with Gasteiger partial charge in [-0.15, -0.1) is 0 Å². The summed E-state index contributed by atoms with van der Waals surface area (Å²) in [5.41, 5.74) is 1.07. The van der Waals surface area contributed by atoms with Gasteiger partial charge in [-0.05, 0) is 12.5 Å². The average molecular weight is 165 g/mol. The molecule has 1 aromatic rings. The summed E-state index contributed by atoms with van der Waals surface area (Å²) in [7, 11) is 0. The van der Waals surface area contributed by atoms with Crippen LogP contribution >= 0.6 is 0 Å². The van der Waals surface area contributed by atoms with Crippen LogP contribution in [0.5, 0.6) is 0 Å². The quantitative estimate of drug-likeness (QED) is 0.640. The Balaban J connectivity index is 0.000000561. The SMILES string of the molecule is CC.Cc1cncncc[nH]c1. The lowest BCUT2D eigenvalue weighted by molar-refractivity contribution is 1.19. The van der Waals surface area contributed by atoms with E-state index in [1.165, 1.54) is 6.33 Å². The second-order valence-electron chi connectivity index (χ2n) is 1.91. The third-order valence-corrected chi connectivity index (χ3v) is 0.979. The summed E-state index contributed by atoms with van der Waals surface area (Å²) in [4.78, 5) is 10.7. The molecule has 0 radical (unpaired) electrons. The topological polar surface area (TPSA) is 41.6 Å². The lowest BCUT2D eigenvalue weighted by Crippen LogP contribution is -1.67. The van der Waals surface area contributed by atoms with Crippen LogP contribution in [0.2, 0.25) is 0 Å². The van der Waals surface area contributed by atoms with Crippen molar-refractivity contribution in [3.05, 3.63) is 36.7 Å². The van der Waals surface area contributed by atoms with Gasteiger partial charge in [-0.3, -0.25) is 0 Å². The third-order valence-electron chi connectivity index (χ3n) is 0.979. The number of hydrogen-bond acceptors (Lipinski definition) is 2. The fourth-order valence-electron chi connectivity index (χ4n) is 0.531. The summed E-state index contributed by atoms with van der Waals surface area (Å²) in [6.07, 6.45) is 8.49. The molecule has 0 unspecified atom stereocenters. The maximum Gasteiger partial charge on any atom is 0.115 e. The van der Waals surface area contributed by atoms with Crippen molar-refractivity contribution in [2.75, 3.05) is 0 Å². The van der Waals surface area contributed by atoms with Gasteiger partial charge in [0.25, 0.3) is 0 Å². The second-order valence-corrected chi connectivity index (χ2v) is 1.91. The maximum atomic E-state index is 3.90. The van der Waals surface area contributed by atoms with Crippen molar-refractivity contribution in [2.24, 2.45) is 0 Å². The molecule has 3 heteroatoms. The van der Waals surface area contributed by atoms with Gasteiger partial charge in [0.05, 0.1) is 0 Å². The predicted octanol–water partition coefficient (Wildman–Crippen LogP) is 2.26. The Kier molecular flexibility index (Phi) is 6.84. The van der Waals surface area contributed by atoms with Crippen LogP contribution in [0, 0.1) is 6.92 Å². The van der Waals surface area contributed by atoms with Crippen molar-refractivity contribution in [3.63, 3.8) is 0 Å². The normalized spacial score (nSPS) is 7.58. The molecule has 0 saturated heterocycles. The molecule has 1 N–H and O–H groups in total. The highest BCUT2D eigenvalue weighted by atomic mass is 14.8. The molecular weight excluding hydrogens is 150 g/mol. The number of nitrogens with one attached hydrogen (secondary N) is 1. The fourth-order valence-corrected chi connectivity index (χ4v) is 0.531. The van der Waals surface area contributed by atoms with Gasteiger partial charge in [-0.1, -0.05) is 13.8 Å². The van der Waals surface area contributed by atoms with Gasteiger partial charge in [0.2, 0.25) is 0 Å². The number of aromatic amines is 1. The molecule has 0 spiro atoms. The molecule has 0 aromatic carbocycles. The standard InChI is InChI=1S/C7H9N3.C2H6/c1-7-4-8-2-3-9-6-10-5-7;1-2/h2-6,8H,1H3;1-2H3. The number of hydrogen-bond donors (Lipinski definition) is 1. The fraction of sp³-hybridized carbons (Fsp3) is 0.333. The van der Waals surface area contributed by atoms with E-state index in [0.717, 1.165) is 5.56 Å². The zero-order valence-corrected chi connectivity index (χ0v) is 7.78. The number of rotatable bonds is 0. The van der Waals surface area contributed by atoms with Crippen LogP contribution in [0.3, 0.4) is 0 Å². The molecule has 3 nitrogen and oxygen atoms in total. The van der Waals surface area contributed by atoms with Crippen LogP contribution in [-0.4, -0.2) is 15.0 Å². The van der Waals surface area contributed by atoms with Crippen LogP contribution < -0.4 is 0 Å². The minimum absolute atomic E-state index is 1.07. The highest BCUT2D eigenvalue weighted by Crippen LogP contribution is 1.82. The first-order valence-corrected chi connectivity index (χ1v) is 4.02. The maximum absolute atomic E-state index is 3.90. The summed E-state index contributed by atoms with van der Waals surface area (Å²) in [5.74, 6) is 0. The van der Waals surface area contributed by atoms with Crippen LogP contribution in [0.4, 0.5) is 0 Å². The minimum Gasteiger partial charge on any atom is -0.366 e. The Hall–Kier alpha value is -1.38. The molecule has 0 amide bonds. The summed E-state index contributed by atoms with van der Waals surface area (Å²) < 4.78 is 0. The van der Waals surface area contributed by atoms with Crippen molar-refractivity contribution in [3.8, 4) is 0 Å². The number of H-pyrrole nitrogens is 1.